The van der Waals surface area contributed by atoms with Gasteiger partial charge in [-0.25, -0.2) is 4.99 Å². The first-order valence-corrected chi connectivity index (χ1v) is 9.14. The van der Waals surface area contributed by atoms with Gasteiger partial charge >= 0.3 is 0 Å². The minimum absolute atomic E-state index is 0.631. The van der Waals surface area contributed by atoms with Crippen molar-refractivity contribution >= 4 is 28.7 Å². The Morgan fingerprint density at radius 2 is 1.96 bits per heavy atom. The summed E-state index contributed by atoms with van der Waals surface area (Å²) in [6.45, 7) is 4.98. The molecule has 1 aromatic heterocycles. The van der Waals surface area contributed by atoms with Crippen LogP contribution in [0.4, 0.5) is 17.1 Å². The number of benzene rings is 1. The highest BCUT2D eigenvalue weighted by molar-refractivity contribution is 6.11. The van der Waals surface area contributed by atoms with Crippen molar-refractivity contribution < 1.29 is 0 Å². The molecule has 0 radical (unpaired) electrons. The molecule has 1 saturated heterocycles. The SMILES string of the molecule is Cc1ccc(N)cc1NC1=NCCC(c2cncc(N3CCCC3)c2)=N1. The average molecular weight is 348 g/mol. The van der Waals surface area contributed by atoms with Crippen molar-refractivity contribution in [2.45, 2.75) is 26.2 Å². The van der Waals surface area contributed by atoms with Gasteiger partial charge in [-0.3, -0.25) is 9.98 Å². The highest BCUT2D eigenvalue weighted by Crippen LogP contribution is 2.22. The third-order valence-electron chi connectivity index (χ3n) is 4.89. The van der Waals surface area contributed by atoms with Crippen molar-refractivity contribution in [3.05, 3.63) is 47.8 Å². The van der Waals surface area contributed by atoms with Crippen LogP contribution < -0.4 is 16.0 Å². The van der Waals surface area contributed by atoms with E-state index in [0.717, 1.165) is 54.3 Å². The molecule has 2 aromatic rings. The molecule has 0 bridgehead atoms. The second kappa shape index (κ2) is 7.15. The van der Waals surface area contributed by atoms with E-state index < -0.39 is 0 Å². The number of hydrogen-bond acceptors (Lipinski definition) is 6. The Kier molecular flexibility index (Phi) is 4.56. The summed E-state index contributed by atoms with van der Waals surface area (Å²) in [4.78, 5) is 16.1. The summed E-state index contributed by atoms with van der Waals surface area (Å²) in [5, 5.41) is 3.31. The van der Waals surface area contributed by atoms with Gasteiger partial charge in [0, 0.05) is 49.2 Å². The van der Waals surface area contributed by atoms with E-state index >= 15 is 0 Å². The predicted octanol–water partition coefficient (Wildman–Crippen LogP) is 3.23. The molecule has 0 unspecified atom stereocenters. The number of nitrogens with one attached hydrogen (secondary N) is 1. The Hall–Kier alpha value is -2.89. The Labute approximate surface area is 153 Å². The molecule has 134 valence electrons. The largest absolute Gasteiger partial charge is 0.399 e. The Morgan fingerprint density at radius 3 is 2.81 bits per heavy atom. The van der Waals surface area contributed by atoms with Gasteiger partial charge in [0.05, 0.1) is 17.6 Å². The summed E-state index contributed by atoms with van der Waals surface area (Å²) >= 11 is 0. The van der Waals surface area contributed by atoms with Crippen LogP contribution in [0.2, 0.25) is 0 Å². The first-order chi connectivity index (χ1) is 12.7. The van der Waals surface area contributed by atoms with Gasteiger partial charge in [0.15, 0.2) is 0 Å². The number of aliphatic imine (C=N–C) groups is 2. The van der Waals surface area contributed by atoms with Gasteiger partial charge < -0.3 is 16.0 Å². The number of rotatable bonds is 3. The average Bonchev–Trinajstić information content (AvgIpc) is 3.20. The molecule has 0 aliphatic carbocycles. The summed E-state index contributed by atoms with van der Waals surface area (Å²) in [6, 6.07) is 8.01. The lowest BCUT2D eigenvalue weighted by molar-refractivity contribution is 0.949. The number of hydrogen-bond donors (Lipinski definition) is 2. The predicted molar refractivity (Wildman–Crippen MR) is 108 cm³/mol. The molecule has 2 aliphatic rings. The van der Waals surface area contributed by atoms with Crippen LogP contribution in [0.25, 0.3) is 0 Å². The second-order valence-corrected chi connectivity index (χ2v) is 6.84. The minimum Gasteiger partial charge on any atom is -0.399 e. The molecule has 2 aliphatic heterocycles. The fourth-order valence-electron chi connectivity index (χ4n) is 3.39. The molecule has 0 spiro atoms. The molecule has 1 fully saturated rings. The fraction of sp³-hybridized carbons (Fsp3) is 0.350. The van der Waals surface area contributed by atoms with E-state index in [1.54, 1.807) is 0 Å². The van der Waals surface area contributed by atoms with Crippen molar-refractivity contribution in [1.29, 1.82) is 0 Å². The molecule has 0 saturated carbocycles. The molecular weight excluding hydrogens is 324 g/mol. The number of guanidine groups is 1. The molecule has 26 heavy (non-hydrogen) atoms. The monoisotopic (exact) mass is 348 g/mol. The highest BCUT2D eigenvalue weighted by atomic mass is 15.2. The van der Waals surface area contributed by atoms with Gasteiger partial charge in [-0.15, -0.1) is 0 Å². The van der Waals surface area contributed by atoms with Gasteiger partial charge in [0.1, 0.15) is 0 Å². The van der Waals surface area contributed by atoms with Crippen LogP contribution in [-0.2, 0) is 0 Å². The van der Waals surface area contributed by atoms with Crippen LogP contribution in [0.1, 0.15) is 30.4 Å². The summed E-state index contributed by atoms with van der Waals surface area (Å²) in [5.41, 5.74) is 12.0. The van der Waals surface area contributed by atoms with E-state index in [4.69, 9.17) is 10.7 Å². The van der Waals surface area contributed by atoms with Crippen molar-refractivity contribution in [3.63, 3.8) is 0 Å². The van der Waals surface area contributed by atoms with Crippen LogP contribution in [0.15, 0.2) is 46.6 Å². The van der Waals surface area contributed by atoms with E-state index in [2.05, 4.69) is 26.3 Å². The molecule has 0 amide bonds. The van der Waals surface area contributed by atoms with E-state index in [-0.39, 0.29) is 0 Å². The van der Waals surface area contributed by atoms with Crippen molar-refractivity contribution in [2.24, 2.45) is 9.98 Å². The number of pyridine rings is 1. The number of anilines is 3. The lowest BCUT2D eigenvalue weighted by Gasteiger charge is -2.19. The number of nitrogens with two attached hydrogens (primary N) is 1. The molecule has 0 atom stereocenters. The summed E-state index contributed by atoms with van der Waals surface area (Å²) in [7, 11) is 0. The zero-order valence-electron chi connectivity index (χ0n) is 15.1. The maximum Gasteiger partial charge on any atom is 0.222 e. The van der Waals surface area contributed by atoms with Crippen molar-refractivity contribution in [2.75, 3.05) is 35.6 Å². The molecule has 6 heteroatoms. The van der Waals surface area contributed by atoms with Crippen LogP contribution >= 0.6 is 0 Å². The number of aryl methyl sites for hydroxylation is 1. The number of nitrogen functional groups attached to an aromatic ring is 1. The maximum atomic E-state index is 5.90. The molecular formula is C20H24N6. The van der Waals surface area contributed by atoms with Gasteiger partial charge in [-0.05, 0) is 43.5 Å². The van der Waals surface area contributed by atoms with Crippen LogP contribution in [-0.4, -0.2) is 36.3 Å². The highest BCUT2D eigenvalue weighted by Gasteiger charge is 2.16. The summed E-state index contributed by atoms with van der Waals surface area (Å²) in [6.07, 6.45) is 7.18. The van der Waals surface area contributed by atoms with Gasteiger partial charge in [0.25, 0.3) is 0 Å². The Bertz CT molecular complexity index is 864. The second-order valence-electron chi connectivity index (χ2n) is 6.84. The Morgan fingerprint density at radius 1 is 1.12 bits per heavy atom. The zero-order valence-corrected chi connectivity index (χ0v) is 15.1. The lowest BCUT2D eigenvalue weighted by Crippen LogP contribution is -2.21. The van der Waals surface area contributed by atoms with Gasteiger partial charge in [0.2, 0.25) is 5.96 Å². The third-order valence-corrected chi connectivity index (χ3v) is 4.89. The lowest BCUT2D eigenvalue weighted by atomic mass is 10.1. The van der Waals surface area contributed by atoms with Crippen molar-refractivity contribution in [3.8, 4) is 0 Å². The summed E-state index contributed by atoms with van der Waals surface area (Å²) in [5.74, 6) is 0.631. The number of nitrogens with zero attached hydrogens (tertiary/aromatic N) is 4. The van der Waals surface area contributed by atoms with E-state index in [1.165, 1.54) is 18.5 Å². The van der Waals surface area contributed by atoms with Crippen LogP contribution in [0.3, 0.4) is 0 Å². The molecule has 1 aromatic carbocycles. The van der Waals surface area contributed by atoms with Gasteiger partial charge in [-0.2, -0.15) is 0 Å². The zero-order chi connectivity index (χ0) is 17.9. The molecule has 3 heterocycles. The van der Waals surface area contributed by atoms with Crippen molar-refractivity contribution in [1.82, 2.24) is 4.98 Å². The van der Waals surface area contributed by atoms with E-state index in [0.29, 0.717) is 5.96 Å². The minimum atomic E-state index is 0.631. The smallest absolute Gasteiger partial charge is 0.222 e. The van der Waals surface area contributed by atoms with E-state index in [9.17, 15) is 0 Å². The van der Waals surface area contributed by atoms with Gasteiger partial charge in [-0.1, -0.05) is 6.07 Å². The first-order valence-electron chi connectivity index (χ1n) is 9.14. The summed E-state index contributed by atoms with van der Waals surface area (Å²) < 4.78 is 0. The fourth-order valence-corrected chi connectivity index (χ4v) is 3.39. The standard InChI is InChI=1S/C20H24N6/c1-14-4-5-16(21)11-19(14)25-20-23-7-6-18(24-20)15-10-17(13-22-12-15)26-8-2-3-9-26/h4-5,10-13H,2-3,6-9,21H2,1H3,(H,23,25). The normalized spacial score (nSPS) is 17.0. The Balaban J connectivity index is 1.56. The maximum absolute atomic E-state index is 5.90. The van der Waals surface area contributed by atoms with E-state index in [1.807, 2.05) is 37.5 Å². The number of aromatic nitrogens is 1. The van der Waals surface area contributed by atoms with Crippen LogP contribution in [0, 0.1) is 6.92 Å². The first kappa shape index (κ1) is 16.6. The topological polar surface area (TPSA) is 78.9 Å². The molecule has 6 nitrogen and oxygen atoms in total. The quantitative estimate of drug-likeness (QED) is 0.835. The van der Waals surface area contributed by atoms with Crippen LogP contribution in [0.5, 0.6) is 0 Å². The third kappa shape index (κ3) is 3.54. The molecule has 3 N–H and O–H groups in total. The molecule has 4 rings (SSSR count).